The summed E-state index contributed by atoms with van der Waals surface area (Å²) >= 11 is 0. The summed E-state index contributed by atoms with van der Waals surface area (Å²) in [6, 6.07) is -0.0556. The van der Waals surface area contributed by atoms with Crippen molar-refractivity contribution in [1.29, 1.82) is 0 Å². The van der Waals surface area contributed by atoms with Crippen molar-refractivity contribution in [1.82, 2.24) is 10.6 Å². The number of hydrogen-bond acceptors (Lipinski definition) is 2. The highest BCUT2D eigenvalue weighted by Gasteiger charge is 2.38. The maximum Gasteiger partial charge on any atom is 0.261 e. The molecule has 60 valence electrons. The highest BCUT2D eigenvalue weighted by atomic mass is 19.3. The van der Waals surface area contributed by atoms with Gasteiger partial charge in [0.15, 0.2) is 0 Å². The van der Waals surface area contributed by atoms with Crippen LogP contribution in [0.2, 0.25) is 0 Å². The van der Waals surface area contributed by atoms with Gasteiger partial charge in [0.05, 0.1) is 6.54 Å². The van der Waals surface area contributed by atoms with Gasteiger partial charge in [-0.05, 0) is 7.05 Å². The molecule has 0 aromatic rings. The van der Waals surface area contributed by atoms with Crippen molar-refractivity contribution in [3.8, 4) is 0 Å². The normalized spacial score (nSPS) is 30.9. The van der Waals surface area contributed by atoms with Crippen molar-refractivity contribution in [2.24, 2.45) is 0 Å². The molecule has 10 heavy (non-hydrogen) atoms. The highest BCUT2D eigenvalue weighted by molar-refractivity contribution is 4.87. The van der Waals surface area contributed by atoms with Crippen molar-refractivity contribution in [3.63, 3.8) is 0 Å². The van der Waals surface area contributed by atoms with E-state index in [1.54, 1.807) is 7.05 Å². The van der Waals surface area contributed by atoms with Gasteiger partial charge in [-0.1, -0.05) is 0 Å². The van der Waals surface area contributed by atoms with Gasteiger partial charge < -0.3 is 10.6 Å². The first-order valence-electron chi connectivity index (χ1n) is 3.40. The van der Waals surface area contributed by atoms with E-state index in [4.69, 9.17) is 0 Å². The van der Waals surface area contributed by atoms with Crippen LogP contribution in [0.4, 0.5) is 8.78 Å². The fourth-order valence-corrected chi connectivity index (χ4v) is 1.19. The zero-order valence-electron chi connectivity index (χ0n) is 5.95. The summed E-state index contributed by atoms with van der Waals surface area (Å²) in [4.78, 5) is 0. The van der Waals surface area contributed by atoms with E-state index >= 15 is 0 Å². The van der Waals surface area contributed by atoms with Crippen molar-refractivity contribution in [2.75, 3.05) is 20.1 Å². The van der Waals surface area contributed by atoms with Crippen LogP contribution < -0.4 is 10.6 Å². The molecule has 4 heteroatoms. The van der Waals surface area contributed by atoms with Gasteiger partial charge in [-0.3, -0.25) is 0 Å². The standard InChI is InChI=1S/C6H12F2N2/c1-9-3-5-2-6(7,8)4-10-5/h5,9-10H,2-4H2,1H3/t5-/m0/s1. The summed E-state index contributed by atoms with van der Waals surface area (Å²) in [6.45, 7) is 0.453. The zero-order chi connectivity index (χ0) is 7.61. The van der Waals surface area contributed by atoms with Gasteiger partial charge in [0.1, 0.15) is 0 Å². The lowest BCUT2D eigenvalue weighted by Crippen LogP contribution is -2.31. The molecule has 1 aliphatic rings. The first kappa shape index (κ1) is 7.88. The Kier molecular flexibility index (Phi) is 2.21. The van der Waals surface area contributed by atoms with Crippen LogP contribution in [0.25, 0.3) is 0 Å². The number of likely N-dealkylation sites (N-methyl/N-ethyl adjacent to an activating group) is 1. The second-order valence-corrected chi connectivity index (χ2v) is 2.70. The molecule has 1 aliphatic heterocycles. The lowest BCUT2D eigenvalue weighted by Gasteiger charge is -2.07. The lowest BCUT2D eigenvalue weighted by molar-refractivity contribution is 0.0211. The van der Waals surface area contributed by atoms with E-state index in [0.717, 1.165) is 0 Å². The molecule has 0 amide bonds. The largest absolute Gasteiger partial charge is 0.318 e. The maximum absolute atomic E-state index is 12.4. The van der Waals surface area contributed by atoms with Gasteiger partial charge in [0.25, 0.3) is 5.92 Å². The first-order chi connectivity index (χ1) is 4.64. The minimum absolute atomic E-state index is 0.0339. The van der Waals surface area contributed by atoms with Crippen molar-refractivity contribution >= 4 is 0 Å². The number of rotatable bonds is 2. The van der Waals surface area contributed by atoms with E-state index in [1.165, 1.54) is 0 Å². The summed E-state index contributed by atoms with van der Waals surface area (Å²) in [5, 5.41) is 5.59. The minimum atomic E-state index is -2.48. The van der Waals surface area contributed by atoms with E-state index in [1.807, 2.05) is 0 Å². The number of nitrogens with one attached hydrogen (secondary N) is 2. The van der Waals surface area contributed by atoms with Crippen LogP contribution in [0.1, 0.15) is 6.42 Å². The molecule has 0 bridgehead atoms. The smallest absolute Gasteiger partial charge is 0.261 e. The van der Waals surface area contributed by atoms with Crippen molar-refractivity contribution < 1.29 is 8.78 Å². The summed E-state index contributed by atoms with van der Waals surface area (Å²) in [5.41, 5.74) is 0. The number of alkyl halides is 2. The molecule has 0 aromatic heterocycles. The molecule has 0 aliphatic carbocycles. The third-order valence-corrected chi connectivity index (χ3v) is 1.64. The fourth-order valence-electron chi connectivity index (χ4n) is 1.19. The van der Waals surface area contributed by atoms with Crippen LogP contribution in [0.5, 0.6) is 0 Å². The van der Waals surface area contributed by atoms with Crippen LogP contribution in [-0.4, -0.2) is 32.1 Å². The topological polar surface area (TPSA) is 24.1 Å². The molecule has 2 nitrogen and oxygen atoms in total. The molecule has 1 saturated heterocycles. The molecule has 0 spiro atoms. The Morgan fingerprint density at radius 1 is 1.70 bits per heavy atom. The Morgan fingerprint density at radius 2 is 2.40 bits per heavy atom. The summed E-state index contributed by atoms with van der Waals surface area (Å²) in [7, 11) is 1.76. The van der Waals surface area contributed by atoms with Crippen LogP contribution in [0.15, 0.2) is 0 Å². The van der Waals surface area contributed by atoms with Gasteiger partial charge in [0.2, 0.25) is 0 Å². The Morgan fingerprint density at radius 3 is 2.80 bits per heavy atom. The Labute approximate surface area is 59.0 Å². The van der Waals surface area contributed by atoms with Gasteiger partial charge >= 0.3 is 0 Å². The third kappa shape index (κ3) is 1.88. The van der Waals surface area contributed by atoms with E-state index < -0.39 is 5.92 Å². The molecule has 1 rings (SSSR count). The van der Waals surface area contributed by atoms with Crippen LogP contribution >= 0.6 is 0 Å². The predicted octanol–water partition coefficient (Wildman–Crippen LogP) is 0.203. The van der Waals surface area contributed by atoms with Crippen LogP contribution in [-0.2, 0) is 0 Å². The van der Waals surface area contributed by atoms with Crippen molar-refractivity contribution in [2.45, 2.75) is 18.4 Å². The third-order valence-electron chi connectivity index (χ3n) is 1.64. The zero-order valence-corrected chi connectivity index (χ0v) is 5.95. The van der Waals surface area contributed by atoms with E-state index in [9.17, 15) is 8.78 Å². The van der Waals surface area contributed by atoms with Crippen LogP contribution in [0, 0.1) is 0 Å². The van der Waals surface area contributed by atoms with Gasteiger partial charge in [-0.2, -0.15) is 0 Å². The molecule has 1 heterocycles. The SMILES string of the molecule is CNC[C@@H]1CC(F)(F)CN1. The number of halogens is 2. The van der Waals surface area contributed by atoms with E-state index in [0.29, 0.717) is 6.54 Å². The molecule has 1 atom stereocenters. The Bertz CT molecular complexity index is 116. The molecule has 0 unspecified atom stereocenters. The number of hydrogen-bond donors (Lipinski definition) is 2. The second-order valence-electron chi connectivity index (χ2n) is 2.70. The van der Waals surface area contributed by atoms with Gasteiger partial charge in [-0.25, -0.2) is 8.78 Å². The van der Waals surface area contributed by atoms with Gasteiger partial charge in [0, 0.05) is 19.0 Å². The van der Waals surface area contributed by atoms with E-state index in [2.05, 4.69) is 10.6 Å². The molecule has 1 fully saturated rings. The monoisotopic (exact) mass is 150 g/mol. The molecule has 0 radical (unpaired) electrons. The molecular weight excluding hydrogens is 138 g/mol. The van der Waals surface area contributed by atoms with E-state index in [-0.39, 0.29) is 19.0 Å². The summed E-state index contributed by atoms with van der Waals surface area (Å²) < 4.78 is 24.9. The fraction of sp³-hybridized carbons (Fsp3) is 1.00. The van der Waals surface area contributed by atoms with Crippen LogP contribution in [0.3, 0.4) is 0 Å². The quantitative estimate of drug-likeness (QED) is 0.587. The second kappa shape index (κ2) is 2.80. The van der Waals surface area contributed by atoms with Gasteiger partial charge in [-0.15, -0.1) is 0 Å². The summed E-state index contributed by atoms with van der Waals surface area (Å²) in [5.74, 6) is -2.48. The predicted molar refractivity (Wildman–Crippen MR) is 35.3 cm³/mol. The maximum atomic E-state index is 12.4. The average molecular weight is 150 g/mol. The molecule has 0 saturated carbocycles. The molecule has 0 aromatic carbocycles. The molecule has 2 N–H and O–H groups in total. The molecular formula is C6H12F2N2. The average Bonchev–Trinajstić information content (AvgIpc) is 2.12. The highest BCUT2D eigenvalue weighted by Crippen LogP contribution is 2.24. The minimum Gasteiger partial charge on any atom is -0.318 e. The summed E-state index contributed by atoms with van der Waals surface area (Å²) in [6.07, 6.45) is -0.0339. The van der Waals surface area contributed by atoms with Crippen molar-refractivity contribution in [3.05, 3.63) is 0 Å². The Balaban J connectivity index is 2.29. The first-order valence-corrected chi connectivity index (χ1v) is 3.40. The Hall–Kier alpha value is -0.220. The lowest BCUT2D eigenvalue weighted by atomic mass is 10.2.